The summed E-state index contributed by atoms with van der Waals surface area (Å²) in [5.74, 6) is 0. The zero-order valence-corrected chi connectivity index (χ0v) is 14.0. The van der Waals surface area contributed by atoms with E-state index >= 15 is 0 Å². The lowest BCUT2D eigenvalue weighted by Gasteiger charge is -2.44. The van der Waals surface area contributed by atoms with Crippen LogP contribution < -0.4 is 5.32 Å². The SMILES string of the molecule is C=CCNCC1(C(=C)/C=C(\C)Cl)CCN(C(C)C)CC1. The number of rotatable bonds is 7. The molecule has 0 saturated carbocycles. The van der Waals surface area contributed by atoms with Crippen molar-refractivity contribution < 1.29 is 0 Å². The molecule has 0 atom stereocenters. The molecular formula is C17H29ClN2. The van der Waals surface area contributed by atoms with Gasteiger partial charge in [-0.3, -0.25) is 0 Å². The molecule has 1 N–H and O–H groups in total. The fourth-order valence-electron chi connectivity index (χ4n) is 2.89. The highest BCUT2D eigenvalue weighted by Gasteiger charge is 2.36. The maximum Gasteiger partial charge on any atom is 0.0152 e. The van der Waals surface area contributed by atoms with Crippen LogP contribution in [0.4, 0.5) is 0 Å². The fraction of sp³-hybridized carbons (Fsp3) is 0.647. The largest absolute Gasteiger partial charge is 0.312 e. The lowest BCUT2D eigenvalue weighted by Crippen LogP contribution is -2.47. The monoisotopic (exact) mass is 296 g/mol. The number of hydrogen-bond donors (Lipinski definition) is 1. The van der Waals surface area contributed by atoms with Crippen molar-refractivity contribution in [2.75, 3.05) is 26.2 Å². The van der Waals surface area contributed by atoms with Gasteiger partial charge in [0.1, 0.15) is 0 Å². The highest BCUT2D eigenvalue weighted by Crippen LogP contribution is 2.39. The standard InChI is InChI=1S/C17H29ClN2/c1-6-9-19-13-17(15(4)12-16(5)18)7-10-20(11-8-17)14(2)3/h6,12,14,19H,1,4,7-11,13H2,2-3,5H3/b16-12+. The molecule has 1 aliphatic rings. The molecule has 20 heavy (non-hydrogen) atoms. The van der Waals surface area contributed by atoms with Gasteiger partial charge in [-0.25, -0.2) is 0 Å². The van der Waals surface area contributed by atoms with Gasteiger partial charge in [0.25, 0.3) is 0 Å². The minimum absolute atomic E-state index is 0.130. The summed E-state index contributed by atoms with van der Waals surface area (Å²) in [6, 6.07) is 0.618. The minimum Gasteiger partial charge on any atom is -0.312 e. The Morgan fingerprint density at radius 1 is 1.40 bits per heavy atom. The van der Waals surface area contributed by atoms with Gasteiger partial charge in [0, 0.05) is 29.6 Å². The van der Waals surface area contributed by atoms with Crippen LogP contribution in [0.3, 0.4) is 0 Å². The van der Waals surface area contributed by atoms with Crippen molar-refractivity contribution in [1.29, 1.82) is 0 Å². The summed E-state index contributed by atoms with van der Waals surface area (Å²) < 4.78 is 0. The van der Waals surface area contributed by atoms with E-state index in [2.05, 4.69) is 37.2 Å². The van der Waals surface area contributed by atoms with E-state index in [0.717, 1.165) is 49.6 Å². The lowest BCUT2D eigenvalue weighted by atomic mass is 9.72. The van der Waals surface area contributed by atoms with Crippen molar-refractivity contribution in [2.45, 2.75) is 39.7 Å². The van der Waals surface area contributed by atoms with Crippen molar-refractivity contribution in [2.24, 2.45) is 5.41 Å². The first kappa shape index (κ1) is 17.5. The number of nitrogens with one attached hydrogen (secondary N) is 1. The Balaban J connectivity index is 2.79. The second kappa shape index (κ2) is 8.02. The van der Waals surface area contributed by atoms with Crippen LogP contribution in [0.5, 0.6) is 0 Å². The molecule has 0 amide bonds. The molecule has 1 rings (SSSR count). The van der Waals surface area contributed by atoms with E-state index < -0.39 is 0 Å². The van der Waals surface area contributed by atoms with Gasteiger partial charge in [-0.2, -0.15) is 0 Å². The number of likely N-dealkylation sites (tertiary alicyclic amines) is 1. The average Bonchev–Trinajstić information content (AvgIpc) is 2.38. The topological polar surface area (TPSA) is 15.3 Å². The van der Waals surface area contributed by atoms with Crippen LogP contribution in [0.1, 0.15) is 33.6 Å². The Hall–Kier alpha value is -0.570. The van der Waals surface area contributed by atoms with E-state index in [1.54, 1.807) is 0 Å². The summed E-state index contributed by atoms with van der Waals surface area (Å²) in [4.78, 5) is 2.54. The molecule has 114 valence electrons. The second-order valence-electron chi connectivity index (χ2n) is 6.09. The third-order valence-corrected chi connectivity index (χ3v) is 4.40. The van der Waals surface area contributed by atoms with Crippen molar-refractivity contribution in [3.63, 3.8) is 0 Å². The molecule has 2 nitrogen and oxygen atoms in total. The molecule has 1 aliphatic heterocycles. The average molecular weight is 297 g/mol. The van der Waals surface area contributed by atoms with E-state index in [9.17, 15) is 0 Å². The summed E-state index contributed by atoms with van der Waals surface area (Å²) in [7, 11) is 0. The Morgan fingerprint density at radius 2 is 2.00 bits per heavy atom. The molecule has 0 spiro atoms. The fourth-order valence-corrected chi connectivity index (χ4v) is 3.02. The van der Waals surface area contributed by atoms with Crippen LogP contribution in [0, 0.1) is 5.41 Å². The van der Waals surface area contributed by atoms with Crippen LogP contribution >= 0.6 is 11.6 Å². The first-order valence-electron chi connectivity index (χ1n) is 7.50. The predicted molar refractivity (Wildman–Crippen MR) is 90.2 cm³/mol. The highest BCUT2D eigenvalue weighted by atomic mass is 35.5. The molecule has 3 heteroatoms. The molecule has 1 saturated heterocycles. The second-order valence-corrected chi connectivity index (χ2v) is 6.68. The Bertz CT molecular complexity index is 359. The molecule has 0 bridgehead atoms. The normalized spacial score (nSPS) is 20.1. The third kappa shape index (κ3) is 4.76. The Morgan fingerprint density at radius 3 is 2.45 bits per heavy atom. The molecule has 0 radical (unpaired) electrons. The predicted octanol–water partition coefficient (Wildman–Crippen LogP) is 3.95. The number of halogens is 1. The van der Waals surface area contributed by atoms with Crippen LogP contribution in [0.15, 0.2) is 35.9 Å². The molecule has 0 unspecified atom stereocenters. The van der Waals surface area contributed by atoms with Crippen LogP contribution in [-0.4, -0.2) is 37.1 Å². The van der Waals surface area contributed by atoms with Gasteiger partial charge in [0.2, 0.25) is 0 Å². The summed E-state index contributed by atoms with van der Waals surface area (Å²) in [5.41, 5.74) is 1.29. The summed E-state index contributed by atoms with van der Waals surface area (Å²) in [5, 5.41) is 4.28. The molecule has 1 fully saturated rings. The summed E-state index contributed by atoms with van der Waals surface area (Å²) in [6.07, 6.45) is 6.20. The molecule has 0 aromatic heterocycles. The van der Waals surface area contributed by atoms with Crippen LogP contribution in [-0.2, 0) is 0 Å². The number of piperidine rings is 1. The molecule has 0 aromatic carbocycles. The van der Waals surface area contributed by atoms with Crippen LogP contribution in [0.2, 0.25) is 0 Å². The molecule has 0 aliphatic carbocycles. The highest BCUT2D eigenvalue weighted by molar-refractivity contribution is 6.29. The van der Waals surface area contributed by atoms with Gasteiger partial charge in [-0.1, -0.05) is 24.3 Å². The molecular weight excluding hydrogens is 268 g/mol. The van der Waals surface area contributed by atoms with Gasteiger partial charge in [0.15, 0.2) is 0 Å². The summed E-state index contributed by atoms with van der Waals surface area (Å²) in [6.45, 7) is 18.6. The van der Waals surface area contributed by atoms with Gasteiger partial charge in [-0.05, 0) is 58.4 Å². The number of hydrogen-bond acceptors (Lipinski definition) is 2. The van der Waals surface area contributed by atoms with Crippen molar-refractivity contribution >= 4 is 11.6 Å². The van der Waals surface area contributed by atoms with E-state index in [-0.39, 0.29) is 5.41 Å². The van der Waals surface area contributed by atoms with Gasteiger partial charge in [-0.15, -0.1) is 6.58 Å². The van der Waals surface area contributed by atoms with Crippen molar-refractivity contribution in [3.05, 3.63) is 35.9 Å². The first-order chi connectivity index (χ1) is 9.41. The van der Waals surface area contributed by atoms with E-state index in [0.29, 0.717) is 6.04 Å². The quantitative estimate of drug-likeness (QED) is 0.435. The summed E-state index contributed by atoms with van der Waals surface area (Å²) >= 11 is 6.05. The van der Waals surface area contributed by atoms with Crippen molar-refractivity contribution in [1.82, 2.24) is 10.2 Å². The minimum atomic E-state index is 0.130. The maximum absolute atomic E-state index is 6.05. The third-order valence-electron chi connectivity index (χ3n) is 4.29. The maximum atomic E-state index is 6.05. The van der Waals surface area contributed by atoms with E-state index in [4.69, 9.17) is 11.6 Å². The first-order valence-corrected chi connectivity index (χ1v) is 7.88. The van der Waals surface area contributed by atoms with E-state index in [1.807, 2.05) is 19.1 Å². The Kier molecular flexibility index (Phi) is 7.01. The smallest absolute Gasteiger partial charge is 0.0152 e. The number of allylic oxidation sites excluding steroid dienone is 2. The Labute approximate surface area is 129 Å². The zero-order chi connectivity index (χ0) is 15.2. The van der Waals surface area contributed by atoms with Crippen molar-refractivity contribution in [3.8, 4) is 0 Å². The molecule has 0 aromatic rings. The number of nitrogens with zero attached hydrogens (tertiary/aromatic N) is 1. The van der Waals surface area contributed by atoms with Gasteiger partial charge < -0.3 is 10.2 Å². The van der Waals surface area contributed by atoms with E-state index in [1.165, 1.54) is 0 Å². The molecule has 1 heterocycles. The van der Waals surface area contributed by atoms with Crippen LogP contribution in [0.25, 0.3) is 0 Å². The van der Waals surface area contributed by atoms with Gasteiger partial charge >= 0.3 is 0 Å². The lowest BCUT2D eigenvalue weighted by molar-refractivity contribution is 0.108. The zero-order valence-electron chi connectivity index (χ0n) is 13.2. The van der Waals surface area contributed by atoms with Gasteiger partial charge in [0.05, 0.1) is 0 Å².